The van der Waals surface area contributed by atoms with Gasteiger partial charge in [-0.2, -0.15) is 5.10 Å². The Hall–Kier alpha value is -2.30. The third kappa shape index (κ3) is 5.60. The quantitative estimate of drug-likeness (QED) is 0.274. The number of ether oxygens (including phenoxy) is 2. The highest BCUT2D eigenvalue weighted by atomic mass is 127. The van der Waals surface area contributed by atoms with Crippen LogP contribution in [0.5, 0.6) is 5.75 Å². The molecular weight excluding hydrogens is 473 g/mol. The molecule has 2 rings (SSSR count). The molecule has 8 nitrogen and oxygen atoms in total. The van der Waals surface area contributed by atoms with Gasteiger partial charge in [-0.1, -0.05) is 6.07 Å². The number of guanidine groups is 1. The monoisotopic (exact) mass is 501 g/mol. The molecule has 0 radical (unpaired) electrons. The summed E-state index contributed by atoms with van der Waals surface area (Å²) in [7, 11) is 6.52. The zero-order valence-corrected chi connectivity index (χ0v) is 19.5. The normalized spacial score (nSPS) is 10.9. The summed E-state index contributed by atoms with van der Waals surface area (Å²) in [5, 5.41) is 11.0. The highest BCUT2D eigenvalue weighted by molar-refractivity contribution is 14.0. The van der Waals surface area contributed by atoms with Crippen molar-refractivity contribution < 1.29 is 14.3 Å². The van der Waals surface area contributed by atoms with Crippen LogP contribution in [0.2, 0.25) is 0 Å². The number of hydrogen-bond donors (Lipinski definition) is 2. The minimum absolute atomic E-state index is 0. The number of nitrogens with one attached hydrogen (secondary N) is 2. The van der Waals surface area contributed by atoms with Crippen molar-refractivity contribution >= 4 is 35.9 Å². The zero-order valence-electron chi connectivity index (χ0n) is 17.1. The van der Waals surface area contributed by atoms with Crippen molar-refractivity contribution in [2.24, 2.45) is 12.0 Å². The number of carbonyl (C=O) groups is 1. The van der Waals surface area contributed by atoms with Crippen molar-refractivity contribution in [1.29, 1.82) is 0 Å². The predicted octanol–water partition coefficient (Wildman–Crippen LogP) is 2.32. The van der Waals surface area contributed by atoms with Gasteiger partial charge in [0.25, 0.3) is 0 Å². The van der Waals surface area contributed by atoms with E-state index in [1.807, 2.05) is 31.6 Å². The molecule has 0 aliphatic heterocycles. The van der Waals surface area contributed by atoms with E-state index in [0.717, 1.165) is 22.5 Å². The van der Waals surface area contributed by atoms with Gasteiger partial charge in [0.2, 0.25) is 0 Å². The number of aryl methyl sites for hydroxylation is 2. The van der Waals surface area contributed by atoms with Crippen molar-refractivity contribution in [3.05, 3.63) is 46.3 Å². The van der Waals surface area contributed by atoms with Gasteiger partial charge in [-0.25, -0.2) is 4.79 Å². The number of carbonyl (C=O) groups excluding carboxylic acids is 1. The molecule has 0 saturated carbocycles. The van der Waals surface area contributed by atoms with Crippen LogP contribution in [0.3, 0.4) is 0 Å². The molecule has 0 aliphatic carbocycles. The molecule has 1 aromatic heterocycles. The van der Waals surface area contributed by atoms with Crippen molar-refractivity contribution in [3.8, 4) is 5.75 Å². The average molecular weight is 501 g/mol. The smallest absolute Gasteiger partial charge is 0.341 e. The van der Waals surface area contributed by atoms with Gasteiger partial charge in [-0.15, -0.1) is 24.0 Å². The van der Waals surface area contributed by atoms with E-state index in [1.54, 1.807) is 19.2 Å². The lowest BCUT2D eigenvalue weighted by Gasteiger charge is -2.13. The van der Waals surface area contributed by atoms with Gasteiger partial charge in [-0.3, -0.25) is 9.67 Å². The lowest BCUT2D eigenvalue weighted by Crippen LogP contribution is -2.36. The molecule has 28 heavy (non-hydrogen) atoms. The second-order valence-corrected chi connectivity index (χ2v) is 6.08. The van der Waals surface area contributed by atoms with Gasteiger partial charge >= 0.3 is 5.97 Å². The fraction of sp³-hybridized carbons (Fsp3) is 0.421. The van der Waals surface area contributed by atoms with E-state index in [4.69, 9.17) is 9.47 Å². The van der Waals surface area contributed by atoms with E-state index in [2.05, 4.69) is 20.7 Å². The lowest BCUT2D eigenvalue weighted by molar-refractivity contribution is 0.0597. The summed E-state index contributed by atoms with van der Waals surface area (Å²) in [5.41, 5.74) is 4.57. The van der Waals surface area contributed by atoms with Crippen LogP contribution in [-0.4, -0.2) is 43.0 Å². The topological polar surface area (TPSA) is 89.8 Å². The Morgan fingerprint density at radius 3 is 2.43 bits per heavy atom. The second kappa shape index (κ2) is 10.9. The van der Waals surface area contributed by atoms with Crippen LogP contribution in [-0.2, 0) is 24.9 Å². The Balaban J connectivity index is 0.00000392. The molecule has 0 aliphatic rings. The fourth-order valence-electron chi connectivity index (χ4n) is 2.79. The number of halogens is 1. The van der Waals surface area contributed by atoms with E-state index in [9.17, 15) is 4.79 Å². The summed E-state index contributed by atoms with van der Waals surface area (Å²) in [5.74, 6) is 0.711. The van der Waals surface area contributed by atoms with Gasteiger partial charge in [0.15, 0.2) is 5.96 Å². The molecule has 0 atom stereocenters. The molecule has 0 spiro atoms. The Kier molecular flexibility index (Phi) is 9.23. The van der Waals surface area contributed by atoms with Gasteiger partial charge < -0.3 is 20.1 Å². The average Bonchev–Trinajstić information content (AvgIpc) is 2.92. The molecule has 1 heterocycles. The van der Waals surface area contributed by atoms with Crippen LogP contribution in [0.15, 0.2) is 23.2 Å². The van der Waals surface area contributed by atoms with E-state index >= 15 is 0 Å². The standard InChI is InChI=1S/C19H27N5O3.HI/c1-12-16(13(2)24(4)23-12)11-22-19(20-3)21-10-14-7-8-17(26-5)15(9-14)18(25)27-6;/h7-9H,10-11H2,1-6H3,(H2,20,21,22);1H. The van der Waals surface area contributed by atoms with Gasteiger partial charge in [0.05, 0.1) is 19.9 Å². The van der Waals surface area contributed by atoms with Crippen molar-refractivity contribution in [2.75, 3.05) is 21.3 Å². The van der Waals surface area contributed by atoms with Crippen LogP contribution < -0.4 is 15.4 Å². The number of benzene rings is 1. The third-order valence-electron chi connectivity index (χ3n) is 4.44. The summed E-state index contributed by atoms with van der Waals surface area (Å²) in [6.45, 7) is 5.16. The fourth-order valence-corrected chi connectivity index (χ4v) is 2.79. The van der Waals surface area contributed by atoms with Gasteiger partial charge in [-0.05, 0) is 31.5 Å². The lowest BCUT2D eigenvalue weighted by atomic mass is 10.1. The maximum absolute atomic E-state index is 11.9. The number of hydrogen-bond acceptors (Lipinski definition) is 5. The van der Waals surface area contributed by atoms with E-state index in [1.165, 1.54) is 14.2 Å². The molecule has 0 fully saturated rings. The summed E-state index contributed by atoms with van der Waals surface area (Å²) in [6.07, 6.45) is 0. The molecule has 2 aromatic rings. The van der Waals surface area contributed by atoms with Crippen LogP contribution in [0.1, 0.15) is 32.9 Å². The first-order valence-electron chi connectivity index (χ1n) is 8.60. The molecule has 0 saturated heterocycles. The number of methoxy groups -OCH3 is 2. The van der Waals surface area contributed by atoms with Crippen LogP contribution >= 0.6 is 24.0 Å². The first-order chi connectivity index (χ1) is 12.9. The summed E-state index contributed by atoms with van der Waals surface area (Å²) in [6, 6.07) is 5.39. The molecule has 9 heteroatoms. The molecule has 0 unspecified atom stereocenters. The number of esters is 1. The Morgan fingerprint density at radius 2 is 1.89 bits per heavy atom. The summed E-state index contributed by atoms with van der Waals surface area (Å²) < 4.78 is 11.9. The Bertz CT molecular complexity index is 848. The number of nitrogens with zero attached hydrogens (tertiary/aromatic N) is 3. The maximum atomic E-state index is 11.9. The number of aromatic nitrogens is 2. The first-order valence-corrected chi connectivity index (χ1v) is 8.60. The predicted molar refractivity (Wildman–Crippen MR) is 119 cm³/mol. The highest BCUT2D eigenvalue weighted by Gasteiger charge is 2.14. The van der Waals surface area contributed by atoms with E-state index in [0.29, 0.717) is 30.4 Å². The Morgan fingerprint density at radius 1 is 1.21 bits per heavy atom. The minimum atomic E-state index is -0.432. The van der Waals surface area contributed by atoms with Gasteiger partial charge in [0, 0.05) is 38.4 Å². The third-order valence-corrected chi connectivity index (χ3v) is 4.44. The first kappa shape index (κ1) is 23.7. The largest absolute Gasteiger partial charge is 0.496 e. The summed E-state index contributed by atoms with van der Waals surface area (Å²) in [4.78, 5) is 16.1. The number of aliphatic imine (C=N–C) groups is 1. The SMILES string of the molecule is CN=C(NCc1ccc(OC)c(C(=O)OC)c1)NCc1c(C)nn(C)c1C.I. The second-order valence-electron chi connectivity index (χ2n) is 6.08. The molecule has 2 N–H and O–H groups in total. The van der Waals surface area contributed by atoms with Crippen molar-refractivity contribution in [1.82, 2.24) is 20.4 Å². The number of rotatable bonds is 6. The van der Waals surface area contributed by atoms with Crippen LogP contribution in [0.25, 0.3) is 0 Å². The highest BCUT2D eigenvalue weighted by Crippen LogP contribution is 2.20. The van der Waals surface area contributed by atoms with E-state index in [-0.39, 0.29) is 24.0 Å². The molecule has 0 amide bonds. The summed E-state index contributed by atoms with van der Waals surface area (Å²) >= 11 is 0. The van der Waals surface area contributed by atoms with E-state index < -0.39 is 5.97 Å². The van der Waals surface area contributed by atoms with Crippen LogP contribution in [0, 0.1) is 13.8 Å². The van der Waals surface area contributed by atoms with Crippen LogP contribution in [0.4, 0.5) is 0 Å². The Labute approximate surface area is 182 Å². The minimum Gasteiger partial charge on any atom is -0.496 e. The zero-order chi connectivity index (χ0) is 20.0. The van der Waals surface area contributed by atoms with Gasteiger partial charge in [0.1, 0.15) is 11.3 Å². The molecular formula is C19H28IN5O3. The van der Waals surface area contributed by atoms with Crippen molar-refractivity contribution in [2.45, 2.75) is 26.9 Å². The molecule has 154 valence electrons. The van der Waals surface area contributed by atoms with Crippen molar-refractivity contribution in [3.63, 3.8) is 0 Å². The molecule has 0 bridgehead atoms. The molecule has 1 aromatic carbocycles. The maximum Gasteiger partial charge on any atom is 0.341 e.